The van der Waals surface area contributed by atoms with Crippen molar-refractivity contribution in [2.45, 2.75) is 19.4 Å². The first-order valence-electron chi connectivity index (χ1n) is 10.4. The lowest BCUT2D eigenvalue weighted by atomic mass is 10.0. The first-order chi connectivity index (χ1) is 16.0. The lowest BCUT2D eigenvalue weighted by Crippen LogP contribution is -2.31. The maximum atomic E-state index is 13.1. The van der Waals surface area contributed by atoms with Gasteiger partial charge in [-0.2, -0.15) is 5.10 Å². The normalized spacial score (nSPS) is 15.2. The summed E-state index contributed by atoms with van der Waals surface area (Å²) >= 11 is 1.56. The molecule has 33 heavy (non-hydrogen) atoms. The third-order valence-corrected chi connectivity index (χ3v) is 6.26. The molecule has 0 radical (unpaired) electrons. The molecule has 0 fully saturated rings. The smallest absolute Gasteiger partial charge is 0.338 e. The quantitative estimate of drug-likeness (QED) is 0.477. The summed E-state index contributed by atoms with van der Waals surface area (Å²) in [6, 6.07) is 16.2. The molecule has 0 N–H and O–H groups in total. The van der Waals surface area contributed by atoms with E-state index in [0.29, 0.717) is 23.5 Å². The van der Waals surface area contributed by atoms with Gasteiger partial charge in [0.1, 0.15) is 0 Å². The molecule has 0 saturated carbocycles. The van der Waals surface area contributed by atoms with Gasteiger partial charge in [-0.25, -0.2) is 9.80 Å². The summed E-state index contributed by atoms with van der Waals surface area (Å²) in [5.74, 6) is 0.222. The Morgan fingerprint density at radius 3 is 2.58 bits per heavy atom. The second-order valence-corrected chi connectivity index (χ2v) is 8.49. The van der Waals surface area contributed by atoms with Crippen LogP contribution in [0.2, 0.25) is 0 Å². The van der Waals surface area contributed by atoms with Crippen molar-refractivity contribution >= 4 is 28.9 Å². The molecule has 0 saturated heterocycles. The summed E-state index contributed by atoms with van der Waals surface area (Å²) in [7, 11) is 3.14. The number of esters is 1. The fourth-order valence-electron chi connectivity index (χ4n) is 3.70. The van der Waals surface area contributed by atoms with Crippen LogP contribution >= 0.6 is 11.3 Å². The molecule has 1 aromatic heterocycles. The Bertz CT molecular complexity index is 1190. The molecule has 1 unspecified atom stereocenters. The molecule has 2 heterocycles. The van der Waals surface area contributed by atoms with Gasteiger partial charge in [0.15, 0.2) is 18.1 Å². The fourth-order valence-corrected chi connectivity index (χ4v) is 4.42. The molecule has 170 valence electrons. The molecule has 2 aromatic carbocycles. The third-order valence-electron chi connectivity index (χ3n) is 5.34. The summed E-state index contributed by atoms with van der Waals surface area (Å²) in [6.07, 6.45) is 0.535. The van der Waals surface area contributed by atoms with Gasteiger partial charge in [0.25, 0.3) is 5.91 Å². The number of benzene rings is 2. The lowest BCUT2D eigenvalue weighted by molar-refractivity contribution is -0.136. The van der Waals surface area contributed by atoms with Crippen molar-refractivity contribution in [1.82, 2.24) is 5.01 Å². The Labute approximate surface area is 196 Å². The summed E-state index contributed by atoms with van der Waals surface area (Å²) in [4.78, 5) is 26.5. The maximum absolute atomic E-state index is 13.1. The van der Waals surface area contributed by atoms with Crippen LogP contribution in [-0.4, -0.2) is 43.4 Å². The summed E-state index contributed by atoms with van der Waals surface area (Å²) in [6.45, 7) is 1.48. The van der Waals surface area contributed by atoms with Crippen molar-refractivity contribution in [3.63, 3.8) is 0 Å². The second kappa shape index (κ2) is 9.87. The number of hydrazone groups is 1. The van der Waals surface area contributed by atoms with Gasteiger partial charge in [-0.05, 0) is 48.2 Å². The van der Waals surface area contributed by atoms with Crippen molar-refractivity contribution in [3.8, 4) is 11.5 Å². The Morgan fingerprint density at radius 2 is 1.88 bits per heavy atom. The summed E-state index contributed by atoms with van der Waals surface area (Å²) in [5.41, 5.74) is 3.00. The monoisotopic (exact) mass is 464 g/mol. The van der Waals surface area contributed by atoms with E-state index in [1.807, 2.05) is 42.6 Å². The molecule has 7 nitrogen and oxygen atoms in total. The van der Waals surface area contributed by atoms with Crippen molar-refractivity contribution in [3.05, 3.63) is 81.5 Å². The standard InChI is InChI=1S/C25H24N2O5S/c1-16-6-4-7-18(12-16)25(29)32-15-24(28)27-20(14-19(26-27)23-8-5-11-33-23)17-9-10-21(30-2)22(13-17)31-3/h4-13,20H,14-15H2,1-3H3. The van der Waals surface area contributed by atoms with Gasteiger partial charge in [0.05, 0.1) is 36.4 Å². The topological polar surface area (TPSA) is 77.4 Å². The number of ether oxygens (including phenoxy) is 3. The molecule has 1 aliphatic heterocycles. The molecule has 1 atom stereocenters. The number of hydrogen-bond donors (Lipinski definition) is 0. The number of aryl methyl sites for hydroxylation is 1. The maximum Gasteiger partial charge on any atom is 0.338 e. The number of methoxy groups -OCH3 is 2. The Kier molecular flexibility index (Phi) is 6.74. The second-order valence-electron chi connectivity index (χ2n) is 7.54. The van der Waals surface area contributed by atoms with Crippen molar-refractivity contribution in [2.75, 3.05) is 20.8 Å². The molecule has 0 spiro atoms. The molecule has 0 aliphatic carbocycles. The van der Waals surface area contributed by atoms with E-state index < -0.39 is 18.5 Å². The van der Waals surface area contributed by atoms with Gasteiger partial charge < -0.3 is 14.2 Å². The minimum Gasteiger partial charge on any atom is -0.493 e. The summed E-state index contributed by atoms with van der Waals surface area (Å²) < 4.78 is 16.1. The van der Waals surface area contributed by atoms with Crippen LogP contribution < -0.4 is 9.47 Å². The molecule has 1 amide bonds. The van der Waals surface area contributed by atoms with E-state index in [1.54, 1.807) is 49.8 Å². The highest BCUT2D eigenvalue weighted by Crippen LogP contribution is 2.37. The van der Waals surface area contributed by atoms with Gasteiger partial charge in [-0.1, -0.05) is 29.8 Å². The largest absolute Gasteiger partial charge is 0.493 e. The van der Waals surface area contributed by atoms with E-state index in [-0.39, 0.29) is 6.04 Å². The van der Waals surface area contributed by atoms with E-state index in [0.717, 1.165) is 21.7 Å². The summed E-state index contributed by atoms with van der Waals surface area (Å²) in [5, 5.41) is 7.97. The highest BCUT2D eigenvalue weighted by molar-refractivity contribution is 7.12. The van der Waals surface area contributed by atoms with E-state index in [1.165, 1.54) is 5.01 Å². The number of thiophene rings is 1. The highest BCUT2D eigenvalue weighted by Gasteiger charge is 2.34. The zero-order valence-corrected chi connectivity index (χ0v) is 19.4. The minimum absolute atomic E-state index is 0.355. The Morgan fingerprint density at radius 1 is 1.06 bits per heavy atom. The van der Waals surface area contributed by atoms with Crippen LogP contribution in [0.5, 0.6) is 11.5 Å². The number of amides is 1. The van der Waals surface area contributed by atoms with Crippen molar-refractivity contribution < 1.29 is 23.8 Å². The SMILES string of the molecule is COc1ccc(C2CC(c3cccs3)=NN2C(=O)COC(=O)c2cccc(C)c2)cc1OC. The van der Waals surface area contributed by atoms with Crippen LogP contribution in [-0.2, 0) is 9.53 Å². The van der Waals surface area contributed by atoms with E-state index in [4.69, 9.17) is 14.2 Å². The van der Waals surface area contributed by atoms with Gasteiger partial charge >= 0.3 is 5.97 Å². The molecule has 8 heteroatoms. The Hall–Kier alpha value is -3.65. The number of carbonyl (C=O) groups excluding carboxylic acids is 2. The number of rotatable bonds is 7. The third kappa shape index (κ3) is 4.90. The molecular weight excluding hydrogens is 440 g/mol. The molecule has 3 aromatic rings. The van der Waals surface area contributed by atoms with Crippen LogP contribution in [0.3, 0.4) is 0 Å². The molecule has 4 rings (SSSR count). The lowest BCUT2D eigenvalue weighted by Gasteiger charge is -2.22. The predicted molar refractivity (Wildman–Crippen MR) is 126 cm³/mol. The first kappa shape index (κ1) is 22.5. The van der Waals surface area contributed by atoms with Crippen LogP contribution in [0.15, 0.2) is 65.1 Å². The fraction of sp³-hybridized carbons (Fsp3) is 0.240. The predicted octanol–water partition coefficient (Wildman–Crippen LogP) is 4.61. The van der Waals surface area contributed by atoms with Crippen LogP contribution in [0.1, 0.15) is 38.8 Å². The zero-order chi connectivity index (χ0) is 23.4. The van der Waals surface area contributed by atoms with Gasteiger partial charge in [0, 0.05) is 6.42 Å². The van der Waals surface area contributed by atoms with Crippen LogP contribution in [0, 0.1) is 6.92 Å². The zero-order valence-electron chi connectivity index (χ0n) is 18.6. The molecule has 1 aliphatic rings. The highest BCUT2D eigenvalue weighted by atomic mass is 32.1. The van der Waals surface area contributed by atoms with Gasteiger partial charge in [-0.15, -0.1) is 11.3 Å². The minimum atomic E-state index is -0.545. The van der Waals surface area contributed by atoms with Crippen LogP contribution in [0.25, 0.3) is 0 Å². The van der Waals surface area contributed by atoms with E-state index in [2.05, 4.69) is 5.10 Å². The number of nitrogens with zero attached hydrogens (tertiary/aromatic N) is 2. The van der Waals surface area contributed by atoms with E-state index >= 15 is 0 Å². The van der Waals surface area contributed by atoms with Crippen LogP contribution in [0.4, 0.5) is 0 Å². The van der Waals surface area contributed by atoms with Gasteiger partial charge in [0.2, 0.25) is 0 Å². The molecular formula is C25H24N2O5S. The van der Waals surface area contributed by atoms with Crippen molar-refractivity contribution in [1.29, 1.82) is 0 Å². The van der Waals surface area contributed by atoms with E-state index in [9.17, 15) is 9.59 Å². The molecule has 0 bridgehead atoms. The first-order valence-corrected chi connectivity index (χ1v) is 11.3. The number of carbonyl (C=O) groups is 2. The number of hydrogen-bond acceptors (Lipinski definition) is 7. The average molecular weight is 465 g/mol. The van der Waals surface area contributed by atoms with Gasteiger partial charge in [-0.3, -0.25) is 4.79 Å². The van der Waals surface area contributed by atoms with Crippen molar-refractivity contribution in [2.24, 2.45) is 5.10 Å². The average Bonchev–Trinajstić information content (AvgIpc) is 3.52. The Balaban J connectivity index is 1.56.